The molecule has 17 heavy (non-hydrogen) atoms. The third-order valence-corrected chi connectivity index (χ3v) is 3.77. The lowest BCUT2D eigenvalue weighted by Gasteiger charge is -2.04. The van der Waals surface area contributed by atoms with Gasteiger partial charge < -0.3 is 5.11 Å². The number of hydrogen-bond acceptors (Lipinski definition) is 4. The molecular formula is C11H8FNO2S2. The molecule has 0 saturated heterocycles. The maximum Gasteiger partial charge on any atom is 0.355 e. The van der Waals surface area contributed by atoms with Crippen molar-refractivity contribution in [1.82, 2.24) is 4.98 Å². The van der Waals surface area contributed by atoms with Gasteiger partial charge in [0.15, 0.2) is 5.69 Å². The standard InChI is InChI=1S/C11H8FNO2S2/c1-16-8-4-2-3-6(12)9(8)10-13-7(5-17-10)11(14)15/h2-5H,1H3,(H,14,15). The van der Waals surface area contributed by atoms with Crippen molar-refractivity contribution in [3.05, 3.63) is 35.1 Å². The predicted molar refractivity (Wildman–Crippen MR) is 66.2 cm³/mol. The summed E-state index contributed by atoms with van der Waals surface area (Å²) in [5, 5.41) is 10.6. The third kappa shape index (κ3) is 2.32. The molecular weight excluding hydrogens is 261 g/mol. The first-order chi connectivity index (χ1) is 8.13. The maximum absolute atomic E-state index is 13.7. The van der Waals surface area contributed by atoms with E-state index in [0.717, 1.165) is 16.2 Å². The Hall–Kier alpha value is -1.40. The van der Waals surface area contributed by atoms with Gasteiger partial charge in [0.05, 0.1) is 5.56 Å². The lowest BCUT2D eigenvalue weighted by Crippen LogP contribution is -1.96. The molecule has 1 aromatic carbocycles. The highest BCUT2D eigenvalue weighted by atomic mass is 32.2. The summed E-state index contributed by atoms with van der Waals surface area (Å²) < 4.78 is 13.7. The minimum absolute atomic E-state index is 0.0553. The van der Waals surface area contributed by atoms with E-state index >= 15 is 0 Å². The van der Waals surface area contributed by atoms with Crippen LogP contribution < -0.4 is 0 Å². The topological polar surface area (TPSA) is 50.2 Å². The average molecular weight is 269 g/mol. The van der Waals surface area contributed by atoms with Crippen molar-refractivity contribution < 1.29 is 14.3 Å². The highest BCUT2D eigenvalue weighted by Gasteiger charge is 2.16. The second-order valence-electron chi connectivity index (χ2n) is 3.16. The molecule has 1 heterocycles. The van der Waals surface area contributed by atoms with E-state index in [1.54, 1.807) is 12.1 Å². The second-order valence-corrected chi connectivity index (χ2v) is 4.87. The van der Waals surface area contributed by atoms with Gasteiger partial charge in [-0.3, -0.25) is 0 Å². The molecule has 2 rings (SSSR count). The van der Waals surface area contributed by atoms with Crippen molar-refractivity contribution in [2.75, 3.05) is 6.26 Å². The molecule has 0 fully saturated rings. The van der Waals surface area contributed by atoms with Crippen LogP contribution in [0.15, 0.2) is 28.5 Å². The normalized spacial score (nSPS) is 10.5. The van der Waals surface area contributed by atoms with E-state index in [-0.39, 0.29) is 11.5 Å². The van der Waals surface area contributed by atoms with Crippen LogP contribution in [-0.4, -0.2) is 22.3 Å². The molecule has 0 atom stereocenters. The zero-order valence-corrected chi connectivity index (χ0v) is 10.4. The second kappa shape index (κ2) is 4.85. The first kappa shape index (κ1) is 12.1. The molecule has 0 amide bonds. The van der Waals surface area contributed by atoms with Crippen molar-refractivity contribution in [2.24, 2.45) is 0 Å². The van der Waals surface area contributed by atoms with Gasteiger partial charge in [-0.15, -0.1) is 23.1 Å². The van der Waals surface area contributed by atoms with Gasteiger partial charge in [-0.05, 0) is 18.4 Å². The number of rotatable bonds is 3. The summed E-state index contributed by atoms with van der Waals surface area (Å²) in [7, 11) is 0. The summed E-state index contributed by atoms with van der Waals surface area (Å²) in [5.74, 6) is -1.49. The fraction of sp³-hybridized carbons (Fsp3) is 0.0909. The molecule has 0 bridgehead atoms. The number of hydrogen-bond donors (Lipinski definition) is 1. The Labute approximate surface area is 105 Å². The van der Waals surface area contributed by atoms with Crippen LogP contribution in [0.25, 0.3) is 10.6 Å². The lowest BCUT2D eigenvalue weighted by molar-refractivity contribution is 0.0691. The van der Waals surface area contributed by atoms with Crippen molar-refractivity contribution in [1.29, 1.82) is 0 Å². The highest BCUT2D eigenvalue weighted by molar-refractivity contribution is 7.98. The van der Waals surface area contributed by atoms with E-state index < -0.39 is 5.97 Å². The molecule has 0 radical (unpaired) electrons. The Morgan fingerprint density at radius 1 is 1.53 bits per heavy atom. The fourth-order valence-electron chi connectivity index (χ4n) is 1.37. The number of thiazole rings is 1. The molecule has 0 saturated carbocycles. The number of nitrogens with zero attached hydrogens (tertiary/aromatic N) is 1. The molecule has 0 spiro atoms. The number of carbonyl (C=O) groups is 1. The van der Waals surface area contributed by atoms with Gasteiger partial charge in [0.25, 0.3) is 0 Å². The van der Waals surface area contributed by atoms with Crippen LogP contribution in [0.1, 0.15) is 10.5 Å². The molecule has 1 aromatic heterocycles. The number of thioether (sulfide) groups is 1. The van der Waals surface area contributed by atoms with Crippen LogP contribution in [0.3, 0.4) is 0 Å². The van der Waals surface area contributed by atoms with Crippen LogP contribution in [0.5, 0.6) is 0 Å². The number of carboxylic acid groups (broad SMARTS) is 1. The minimum atomic E-state index is -1.10. The van der Waals surface area contributed by atoms with Gasteiger partial charge in [-0.2, -0.15) is 0 Å². The number of aromatic carboxylic acids is 1. The number of carboxylic acids is 1. The minimum Gasteiger partial charge on any atom is -0.476 e. The zero-order valence-electron chi connectivity index (χ0n) is 8.81. The molecule has 2 aromatic rings. The van der Waals surface area contributed by atoms with Crippen LogP contribution in [0.2, 0.25) is 0 Å². The Morgan fingerprint density at radius 3 is 2.88 bits per heavy atom. The van der Waals surface area contributed by atoms with Crippen LogP contribution in [0, 0.1) is 5.82 Å². The summed E-state index contributed by atoms with van der Waals surface area (Å²) in [4.78, 5) is 15.4. The molecule has 6 heteroatoms. The summed E-state index contributed by atoms with van der Waals surface area (Å²) >= 11 is 2.53. The molecule has 88 valence electrons. The van der Waals surface area contributed by atoms with E-state index in [1.807, 2.05) is 6.26 Å². The number of halogens is 1. The van der Waals surface area contributed by atoms with Crippen molar-refractivity contribution in [3.63, 3.8) is 0 Å². The van der Waals surface area contributed by atoms with Crippen molar-refractivity contribution in [2.45, 2.75) is 4.90 Å². The Balaban J connectivity index is 2.55. The molecule has 0 aliphatic carbocycles. The number of aromatic nitrogens is 1. The first-order valence-electron chi connectivity index (χ1n) is 4.65. The van der Waals surface area contributed by atoms with E-state index in [0.29, 0.717) is 10.6 Å². The lowest BCUT2D eigenvalue weighted by atomic mass is 10.2. The van der Waals surface area contributed by atoms with Crippen LogP contribution in [0.4, 0.5) is 4.39 Å². The van der Waals surface area contributed by atoms with Gasteiger partial charge >= 0.3 is 5.97 Å². The van der Waals surface area contributed by atoms with Gasteiger partial charge in [-0.1, -0.05) is 6.07 Å². The highest BCUT2D eigenvalue weighted by Crippen LogP contribution is 2.34. The molecule has 0 aliphatic rings. The Kier molecular flexibility index (Phi) is 3.44. The smallest absolute Gasteiger partial charge is 0.355 e. The zero-order chi connectivity index (χ0) is 12.4. The van der Waals surface area contributed by atoms with E-state index in [2.05, 4.69) is 4.98 Å². The maximum atomic E-state index is 13.7. The van der Waals surface area contributed by atoms with Gasteiger partial charge in [0, 0.05) is 10.3 Å². The molecule has 0 unspecified atom stereocenters. The predicted octanol–water partition coefficient (Wildman–Crippen LogP) is 3.37. The molecule has 1 N–H and O–H groups in total. The number of benzene rings is 1. The Bertz CT molecular complexity index is 568. The monoisotopic (exact) mass is 269 g/mol. The third-order valence-electron chi connectivity index (χ3n) is 2.13. The van der Waals surface area contributed by atoms with E-state index in [4.69, 9.17) is 5.11 Å². The summed E-state index contributed by atoms with van der Waals surface area (Å²) in [5.41, 5.74) is 0.317. The molecule has 0 aliphatic heterocycles. The SMILES string of the molecule is CSc1cccc(F)c1-c1nc(C(=O)O)cs1. The largest absolute Gasteiger partial charge is 0.476 e. The first-order valence-corrected chi connectivity index (χ1v) is 6.75. The van der Waals surface area contributed by atoms with Gasteiger partial charge in [0.1, 0.15) is 10.8 Å². The average Bonchev–Trinajstić information content (AvgIpc) is 2.77. The summed E-state index contributed by atoms with van der Waals surface area (Å²) in [6.45, 7) is 0. The van der Waals surface area contributed by atoms with Crippen LogP contribution >= 0.6 is 23.1 Å². The Morgan fingerprint density at radius 2 is 2.29 bits per heavy atom. The fourth-order valence-corrected chi connectivity index (χ4v) is 2.90. The van der Waals surface area contributed by atoms with E-state index in [1.165, 1.54) is 23.2 Å². The van der Waals surface area contributed by atoms with Gasteiger partial charge in [-0.25, -0.2) is 14.2 Å². The van der Waals surface area contributed by atoms with Crippen LogP contribution in [-0.2, 0) is 0 Å². The van der Waals surface area contributed by atoms with Crippen molar-refractivity contribution in [3.8, 4) is 10.6 Å². The van der Waals surface area contributed by atoms with Gasteiger partial charge in [0.2, 0.25) is 0 Å². The molecule has 3 nitrogen and oxygen atoms in total. The quantitative estimate of drug-likeness (QED) is 0.868. The van der Waals surface area contributed by atoms with E-state index in [9.17, 15) is 9.18 Å². The van der Waals surface area contributed by atoms with Crippen molar-refractivity contribution >= 4 is 29.1 Å². The summed E-state index contributed by atoms with van der Waals surface area (Å²) in [6, 6.07) is 4.75. The summed E-state index contributed by atoms with van der Waals surface area (Å²) in [6.07, 6.45) is 1.84.